The summed E-state index contributed by atoms with van der Waals surface area (Å²) in [7, 11) is 0. The molecule has 0 amide bonds. The van der Waals surface area contributed by atoms with Gasteiger partial charge in [-0.05, 0) is 93.1 Å². The number of carbonyl (C=O) groups excluding carboxylic acids is 2. The largest absolute Gasteiger partial charge is 0.445 e. The van der Waals surface area contributed by atoms with Crippen LogP contribution in [0.4, 0.5) is 0 Å². The normalized spacial score (nSPS) is 36.9. The van der Waals surface area contributed by atoms with E-state index >= 15 is 0 Å². The van der Waals surface area contributed by atoms with Crippen molar-refractivity contribution in [1.29, 1.82) is 0 Å². The number of rotatable bonds is 7. The lowest BCUT2D eigenvalue weighted by molar-refractivity contribution is -0.172. The number of hydrogen-bond donors (Lipinski definition) is 0. The second-order valence-electron chi connectivity index (χ2n) is 10.6. The van der Waals surface area contributed by atoms with E-state index in [1.807, 2.05) is 13.8 Å². The van der Waals surface area contributed by atoms with Gasteiger partial charge in [0, 0.05) is 24.7 Å². The molecule has 4 aliphatic rings. The van der Waals surface area contributed by atoms with Crippen LogP contribution in [0.25, 0.3) is 0 Å². The highest BCUT2D eigenvalue weighted by Gasteiger charge is 2.65. The van der Waals surface area contributed by atoms with Crippen LogP contribution >= 0.6 is 0 Å². The minimum atomic E-state index is -0.749. The standard InChI is InChI=1S/C29H40O4/c1-5-9-26(30)32-21-12-14-22-20(19-21)11-13-24-23(22)15-17-28(7-3)25(24)16-18-29(28,8-4)33-27(31)10-6-2/h4,11,19,22-25H,5-7,9-10,12-18H2,1-3H3/t22-,23+,24+,25-,28-,29-/m0/s1. The second-order valence-corrected chi connectivity index (χ2v) is 10.6. The van der Waals surface area contributed by atoms with Crippen LogP contribution in [-0.2, 0) is 19.1 Å². The maximum Gasteiger partial charge on any atom is 0.310 e. The van der Waals surface area contributed by atoms with Gasteiger partial charge in [-0.15, -0.1) is 6.42 Å². The summed E-state index contributed by atoms with van der Waals surface area (Å²) in [4.78, 5) is 24.5. The Morgan fingerprint density at radius 2 is 1.82 bits per heavy atom. The maximum absolute atomic E-state index is 12.5. The molecule has 4 rings (SSSR count). The molecule has 0 aromatic carbocycles. The molecule has 0 N–H and O–H groups in total. The molecule has 0 saturated heterocycles. The number of hydrogen-bond acceptors (Lipinski definition) is 4. The number of esters is 2. The molecule has 0 aromatic rings. The molecule has 0 spiro atoms. The predicted molar refractivity (Wildman–Crippen MR) is 129 cm³/mol. The monoisotopic (exact) mass is 452 g/mol. The van der Waals surface area contributed by atoms with Crippen molar-refractivity contribution < 1.29 is 19.1 Å². The van der Waals surface area contributed by atoms with Crippen molar-refractivity contribution in [2.45, 2.75) is 103 Å². The first-order valence-electron chi connectivity index (χ1n) is 13.2. The minimum Gasteiger partial charge on any atom is -0.445 e. The van der Waals surface area contributed by atoms with E-state index in [0.717, 1.165) is 70.0 Å². The number of fused-ring (bicyclic) bond motifs is 5. The van der Waals surface area contributed by atoms with Crippen LogP contribution in [0.5, 0.6) is 0 Å². The Bertz CT molecular complexity index is 877. The lowest BCUT2D eigenvalue weighted by Crippen LogP contribution is -2.54. The highest BCUT2D eigenvalue weighted by Crippen LogP contribution is 2.66. The Balaban J connectivity index is 1.56. The maximum atomic E-state index is 12.5. The number of carbonyl (C=O) groups is 2. The molecule has 0 unspecified atom stereocenters. The van der Waals surface area contributed by atoms with E-state index in [4.69, 9.17) is 15.9 Å². The fraction of sp³-hybridized carbons (Fsp3) is 0.724. The van der Waals surface area contributed by atoms with Gasteiger partial charge in [0.15, 0.2) is 5.60 Å². The Kier molecular flexibility index (Phi) is 7.08. The third-order valence-electron chi connectivity index (χ3n) is 9.22. The highest BCUT2D eigenvalue weighted by molar-refractivity contribution is 5.71. The second kappa shape index (κ2) is 9.69. The van der Waals surface area contributed by atoms with Crippen LogP contribution in [0, 0.1) is 41.4 Å². The van der Waals surface area contributed by atoms with Gasteiger partial charge in [0.05, 0.1) is 0 Å². The molecule has 2 saturated carbocycles. The number of ether oxygens (including phenoxy) is 2. The summed E-state index contributed by atoms with van der Waals surface area (Å²) in [6.45, 7) is 6.24. The molecule has 2 fully saturated rings. The molecule has 6 atom stereocenters. The van der Waals surface area contributed by atoms with Gasteiger partial charge in [0.1, 0.15) is 5.76 Å². The third-order valence-corrected chi connectivity index (χ3v) is 9.22. The number of terminal acetylenes is 1. The van der Waals surface area contributed by atoms with Gasteiger partial charge in [0.2, 0.25) is 0 Å². The van der Waals surface area contributed by atoms with Gasteiger partial charge in [0.25, 0.3) is 0 Å². The van der Waals surface area contributed by atoms with E-state index in [1.165, 1.54) is 5.57 Å². The molecule has 4 heteroatoms. The molecular formula is C29H40O4. The van der Waals surface area contributed by atoms with Gasteiger partial charge >= 0.3 is 11.9 Å². The molecule has 4 aliphatic carbocycles. The van der Waals surface area contributed by atoms with Gasteiger partial charge in [-0.25, -0.2) is 0 Å². The van der Waals surface area contributed by atoms with Crippen molar-refractivity contribution in [1.82, 2.24) is 0 Å². The zero-order valence-corrected chi connectivity index (χ0v) is 20.7. The summed E-state index contributed by atoms with van der Waals surface area (Å²) in [6.07, 6.45) is 21.1. The topological polar surface area (TPSA) is 52.6 Å². The molecule has 4 nitrogen and oxygen atoms in total. The first-order valence-corrected chi connectivity index (χ1v) is 13.2. The molecular weight excluding hydrogens is 412 g/mol. The Morgan fingerprint density at radius 1 is 1.06 bits per heavy atom. The smallest absolute Gasteiger partial charge is 0.310 e. The minimum absolute atomic E-state index is 0.108. The van der Waals surface area contributed by atoms with Crippen molar-refractivity contribution in [3.05, 3.63) is 23.5 Å². The van der Waals surface area contributed by atoms with Crippen LogP contribution in [0.2, 0.25) is 0 Å². The Labute approximate surface area is 199 Å². The molecule has 0 radical (unpaired) electrons. The van der Waals surface area contributed by atoms with Crippen molar-refractivity contribution >= 4 is 11.9 Å². The Morgan fingerprint density at radius 3 is 2.52 bits per heavy atom. The fourth-order valence-electron chi connectivity index (χ4n) is 7.80. The van der Waals surface area contributed by atoms with Gasteiger partial charge in [-0.2, -0.15) is 0 Å². The van der Waals surface area contributed by atoms with Crippen molar-refractivity contribution in [3.63, 3.8) is 0 Å². The van der Waals surface area contributed by atoms with Gasteiger partial charge in [-0.3, -0.25) is 9.59 Å². The van der Waals surface area contributed by atoms with Gasteiger partial charge < -0.3 is 9.47 Å². The highest BCUT2D eigenvalue weighted by atomic mass is 16.6. The molecule has 0 aliphatic heterocycles. The first kappa shape index (κ1) is 24.1. The first-order chi connectivity index (χ1) is 15.9. The summed E-state index contributed by atoms with van der Waals surface area (Å²) >= 11 is 0. The lowest BCUT2D eigenvalue weighted by Gasteiger charge is -2.55. The average molecular weight is 453 g/mol. The SMILES string of the molecule is C#C[C@]1(OC(=O)CCC)CC[C@H]2[C@@H]3CC=C4C=C(OC(=O)CCC)CC[C@@H]4[C@H]3CC[C@@]21CC. The summed E-state index contributed by atoms with van der Waals surface area (Å²) in [5, 5.41) is 0. The third kappa shape index (κ3) is 4.07. The summed E-state index contributed by atoms with van der Waals surface area (Å²) in [6, 6.07) is 0. The fourth-order valence-corrected chi connectivity index (χ4v) is 7.80. The van der Waals surface area contributed by atoms with Crippen LogP contribution < -0.4 is 0 Å². The zero-order chi connectivity index (χ0) is 23.6. The molecule has 33 heavy (non-hydrogen) atoms. The predicted octanol–water partition coefficient (Wildman–Crippen LogP) is 6.50. The van der Waals surface area contributed by atoms with Crippen LogP contribution in [-0.4, -0.2) is 17.5 Å². The molecule has 0 heterocycles. The van der Waals surface area contributed by atoms with E-state index in [1.54, 1.807) is 0 Å². The number of allylic oxidation sites excluding steroid dienone is 4. The van der Waals surface area contributed by atoms with E-state index in [9.17, 15) is 9.59 Å². The van der Waals surface area contributed by atoms with Crippen LogP contribution in [0.1, 0.15) is 97.8 Å². The van der Waals surface area contributed by atoms with Crippen LogP contribution in [0.15, 0.2) is 23.5 Å². The summed E-state index contributed by atoms with van der Waals surface area (Å²) in [5.41, 5.74) is 0.505. The molecule has 180 valence electrons. The van der Waals surface area contributed by atoms with E-state index < -0.39 is 5.60 Å². The van der Waals surface area contributed by atoms with Crippen LogP contribution in [0.3, 0.4) is 0 Å². The summed E-state index contributed by atoms with van der Waals surface area (Å²) in [5.74, 6) is 5.87. The van der Waals surface area contributed by atoms with E-state index in [2.05, 4.69) is 25.0 Å². The van der Waals surface area contributed by atoms with E-state index in [-0.39, 0.29) is 17.4 Å². The molecule has 0 bridgehead atoms. The zero-order valence-electron chi connectivity index (χ0n) is 20.7. The average Bonchev–Trinajstić information content (AvgIpc) is 3.13. The Hall–Kier alpha value is -2.02. The quantitative estimate of drug-likeness (QED) is 0.327. The van der Waals surface area contributed by atoms with Crippen molar-refractivity contribution in [2.75, 3.05) is 0 Å². The van der Waals surface area contributed by atoms with Crippen molar-refractivity contribution in [2.24, 2.45) is 29.1 Å². The lowest BCUT2D eigenvalue weighted by atomic mass is 9.50. The van der Waals surface area contributed by atoms with Gasteiger partial charge in [-0.1, -0.05) is 32.8 Å². The van der Waals surface area contributed by atoms with Crippen molar-refractivity contribution in [3.8, 4) is 12.3 Å². The summed E-state index contributed by atoms with van der Waals surface area (Å²) < 4.78 is 11.8. The molecule has 0 aromatic heterocycles. The van der Waals surface area contributed by atoms with E-state index in [0.29, 0.717) is 36.5 Å².